The maximum absolute atomic E-state index is 9.45. The van der Waals surface area contributed by atoms with Crippen LogP contribution in [-0.4, -0.2) is 16.3 Å². The number of nitrogens with one attached hydrogen (secondary N) is 1. The first-order chi connectivity index (χ1) is 8.15. The molecule has 3 N–H and O–H groups in total. The SMILES string of the molecule is CC(NC1CC=CCC1)c1cc(O)cc(O)c1. The van der Waals surface area contributed by atoms with Crippen LogP contribution >= 0.6 is 0 Å². The molecule has 1 aromatic rings. The van der Waals surface area contributed by atoms with E-state index in [0.717, 1.165) is 24.8 Å². The lowest BCUT2D eigenvalue weighted by Crippen LogP contribution is -2.32. The number of benzene rings is 1. The van der Waals surface area contributed by atoms with Gasteiger partial charge in [0.2, 0.25) is 0 Å². The van der Waals surface area contributed by atoms with Crippen LogP contribution in [0.15, 0.2) is 30.4 Å². The van der Waals surface area contributed by atoms with E-state index in [9.17, 15) is 10.2 Å². The zero-order valence-electron chi connectivity index (χ0n) is 10.1. The molecule has 2 unspecified atom stereocenters. The number of phenols is 2. The molecule has 92 valence electrons. The van der Waals surface area contributed by atoms with Gasteiger partial charge in [-0.25, -0.2) is 0 Å². The Morgan fingerprint density at radius 1 is 1.18 bits per heavy atom. The van der Waals surface area contributed by atoms with Gasteiger partial charge in [-0.2, -0.15) is 0 Å². The Morgan fingerprint density at radius 2 is 1.88 bits per heavy atom. The number of phenolic OH excluding ortho intramolecular Hbond substituents is 2. The van der Waals surface area contributed by atoms with Crippen LogP contribution < -0.4 is 5.32 Å². The molecule has 17 heavy (non-hydrogen) atoms. The van der Waals surface area contributed by atoms with Crippen molar-refractivity contribution in [1.29, 1.82) is 0 Å². The van der Waals surface area contributed by atoms with Crippen molar-refractivity contribution in [3.8, 4) is 11.5 Å². The summed E-state index contributed by atoms with van der Waals surface area (Å²) in [4.78, 5) is 0. The van der Waals surface area contributed by atoms with Crippen molar-refractivity contribution in [1.82, 2.24) is 5.32 Å². The van der Waals surface area contributed by atoms with E-state index in [4.69, 9.17) is 0 Å². The van der Waals surface area contributed by atoms with E-state index in [1.54, 1.807) is 12.1 Å². The molecule has 0 aromatic heterocycles. The lowest BCUT2D eigenvalue weighted by Gasteiger charge is -2.24. The molecule has 3 nitrogen and oxygen atoms in total. The molecule has 0 heterocycles. The Hall–Kier alpha value is -1.48. The van der Waals surface area contributed by atoms with E-state index in [0.29, 0.717) is 6.04 Å². The lowest BCUT2D eigenvalue weighted by molar-refractivity contribution is 0.417. The van der Waals surface area contributed by atoms with Crippen LogP contribution in [0.2, 0.25) is 0 Å². The normalized spacial score (nSPS) is 21.4. The van der Waals surface area contributed by atoms with E-state index in [2.05, 4.69) is 17.5 Å². The first-order valence-corrected chi connectivity index (χ1v) is 6.09. The number of hydrogen-bond donors (Lipinski definition) is 3. The predicted octanol–water partition coefficient (Wildman–Crippen LogP) is 2.86. The van der Waals surface area contributed by atoms with Crippen LogP contribution in [0.5, 0.6) is 11.5 Å². The molecule has 1 aliphatic rings. The second kappa shape index (κ2) is 5.23. The molecule has 0 amide bonds. The van der Waals surface area contributed by atoms with E-state index in [-0.39, 0.29) is 17.5 Å². The van der Waals surface area contributed by atoms with Crippen molar-refractivity contribution >= 4 is 0 Å². The molecule has 1 aromatic carbocycles. The molecule has 0 spiro atoms. The van der Waals surface area contributed by atoms with Crippen molar-refractivity contribution in [2.45, 2.75) is 38.3 Å². The number of hydrogen-bond acceptors (Lipinski definition) is 3. The highest BCUT2D eigenvalue weighted by molar-refractivity contribution is 5.38. The Balaban J connectivity index is 2.03. The van der Waals surface area contributed by atoms with Crippen LogP contribution in [0.1, 0.15) is 37.8 Å². The highest BCUT2D eigenvalue weighted by Gasteiger charge is 2.14. The van der Waals surface area contributed by atoms with Crippen LogP contribution in [0.25, 0.3) is 0 Å². The summed E-state index contributed by atoms with van der Waals surface area (Å²) in [5, 5.41) is 22.4. The molecule has 0 aliphatic heterocycles. The van der Waals surface area contributed by atoms with Gasteiger partial charge < -0.3 is 15.5 Å². The molecule has 3 heteroatoms. The molecular formula is C14H19NO2. The van der Waals surface area contributed by atoms with Crippen LogP contribution in [0, 0.1) is 0 Å². The minimum atomic E-state index is 0.109. The molecular weight excluding hydrogens is 214 g/mol. The summed E-state index contributed by atoms with van der Waals surface area (Å²) < 4.78 is 0. The molecule has 2 atom stereocenters. The maximum Gasteiger partial charge on any atom is 0.119 e. The molecule has 1 aliphatic carbocycles. The van der Waals surface area contributed by atoms with Gasteiger partial charge in [0.05, 0.1) is 0 Å². The smallest absolute Gasteiger partial charge is 0.119 e. The summed E-state index contributed by atoms with van der Waals surface area (Å²) in [7, 11) is 0. The first kappa shape index (κ1) is 12.0. The number of allylic oxidation sites excluding steroid dienone is 1. The van der Waals surface area contributed by atoms with Gasteiger partial charge in [-0.3, -0.25) is 0 Å². The largest absolute Gasteiger partial charge is 0.508 e. The first-order valence-electron chi connectivity index (χ1n) is 6.09. The van der Waals surface area contributed by atoms with E-state index < -0.39 is 0 Å². The van der Waals surface area contributed by atoms with Gasteiger partial charge in [0.1, 0.15) is 11.5 Å². The third-order valence-electron chi connectivity index (χ3n) is 3.18. The average Bonchev–Trinajstić information content (AvgIpc) is 2.29. The third kappa shape index (κ3) is 3.24. The molecule has 0 saturated carbocycles. The molecule has 0 fully saturated rings. The van der Waals surface area contributed by atoms with Gasteiger partial charge in [0.25, 0.3) is 0 Å². The van der Waals surface area contributed by atoms with Crippen molar-refractivity contribution < 1.29 is 10.2 Å². The van der Waals surface area contributed by atoms with Crippen molar-refractivity contribution in [2.24, 2.45) is 0 Å². The van der Waals surface area contributed by atoms with Crippen LogP contribution in [0.4, 0.5) is 0 Å². The Bertz CT molecular complexity index is 394. The summed E-state index contributed by atoms with van der Waals surface area (Å²) in [5.41, 5.74) is 0.914. The fourth-order valence-electron chi connectivity index (χ4n) is 2.26. The maximum atomic E-state index is 9.45. The van der Waals surface area contributed by atoms with Gasteiger partial charge in [-0.1, -0.05) is 12.2 Å². The molecule has 2 rings (SSSR count). The van der Waals surface area contributed by atoms with Crippen LogP contribution in [0.3, 0.4) is 0 Å². The van der Waals surface area contributed by atoms with E-state index in [1.165, 1.54) is 6.07 Å². The fourth-order valence-corrected chi connectivity index (χ4v) is 2.26. The number of rotatable bonds is 3. The number of aromatic hydroxyl groups is 2. The summed E-state index contributed by atoms with van der Waals surface area (Å²) in [6.07, 6.45) is 7.73. The summed E-state index contributed by atoms with van der Waals surface area (Å²) in [6, 6.07) is 5.34. The minimum absolute atomic E-state index is 0.109. The summed E-state index contributed by atoms with van der Waals surface area (Å²) in [5.74, 6) is 0.217. The highest BCUT2D eigenvalue weighted by Crippen LogP contribution is 2.25. The Morgan fingerprint density at radius 3 is 2.47 bits per heavy atom. The summed E-state index contributed by atoms with van der Waals surface area (Å²) >= 11 is 0. The topological polar surface area (TPSA) is 52.5 Å². The van der Waals surface area contributed by atoms with Crippen molar-refractivity contribution in [2.75, 3.05) is 0 Å². The zero-order chi connectivity index (χ0) is 12.3. The quantitative estimate of drug-likeness (QED) is 0.704. The van der Waals surface area contributed by atoms with E-state index >= 15 is 0 Å². The Kier molecular flexibility index (Phi) is 3.69. The Labute approximate surface area is 102 Å². The monoisotopic (exact) mass is 233 g/mol. The minimum Gasteiger partial charge on any atom is -0.508 e. The average molecular weight is 233 g/mol. The highest BCUT2D eigenvalue weighted by atomic mass is 16.3. The van der Waals surface area contributed by atoms with E-state index in [1.807, 2.05) is 6.92 Å². The second-order valence-electron chi connectivity index (χ2n) is 4.65. The zero-order valence-corrected chi connectivity index (χ0v) is 10.1. The lowest BCUT2D eigenvalue weighted by atomic mass is 9.99. The van der Waals surface area contributed by atoms with Gasteiger partial charge in [0, 0.05) is 18.2 Å². The summed E-state index contributed by atoms with van der Waals surface area (Å²) in [6.45, 7) is 2.05. The van der Waals surface area contributed by atoms with Crippen LogP contribution in [-0.2, 0) is 0 Å². The van der Waals surface area contributed by atoms with Crippen molar-refractivity contribution in [3.63, 3.8) is 0 Å². The molecule has 0 radical (unpaired) electrons. The molecule has 0 bridgehead atoms. The molecule has 0 saturated heterocycles. The van der Waals surface area contributed by atoms with Gasteiger partial charge in [-0.05, 0) is 43.9 Å². The third-order valence-corrected chi connectivity index (χ3v) is 3.18. The fraction of sp³-hybridized carbons (Fsp3) is 0.429. The van der Waals surface area contributed by atoms with Gasteiger partial charge >= 0.3 is 0 Å². The van der Waals surface area contributed by atoms with Gasteiger partial charge in [-0.15, -0.1) is 0 Å². The van der Waals surface area contributed by atoms with Gasteiger partial charge in [0.15, 0.2) is 0 Å². The second-order valence-corrected chi connectivity index (χ2v) is 4.65. The standard InChI is InChI=1S/C14H19NO2/c1-10(15-12-5-3-2-4-6-12)11-7-13(16)9-14(17)8-11/h2-3,7-10,12,15-17H,4-6H2,1H3. The van der Waals surface area contributed by atoms with Crippen molar-refractivity contribution in [3.05, 3.63) is 35.9 Å². The predicted molar refractivity (Wildman–Crippen MR) is 68.1 cm³/mol.